The average molecular weight is 649 g/mol. The molecule has 4 heteroatoms. The topological polar surface area (TPSA) is 43.6 Å². The molecule has 0 bridgehead atoms. The Morgan fingerprint density at radius 3 is 1.82 bits per heavy atom. The van der Waals surface area contributed by atoms with Crippen molar-refractivity contribution in [2.45, 2.75) is 0 Å². The molecule has 2 aromatic heterocycles. The maximum absolute atomic E-state index is 5.33. The lowest BCUT2D eigenvalue weighted by atomic mass is 9.90. The Kier molecular flexibility index (Phi) is 5.92. The Hall–Kier alpha value is -6.91. The lowest BCUT2D eigenvalue weighted by Crippen LogP contribution is -2.06. The highest BCUT2D eigenvalue weighted by molar-refractivity contribution is 6.39. The van der Waals surface area contributed by atoms with Crippen LogP contribution in [-0.4, -0.2) is 19.5 Å². The maximum Gasteiger partial charge on any atom is 0.238 e. The summed E-state index contributed by atoms with van der Waals surface area (Å²) in [4.78, 5) is 15.7. The fourth-order valence-corrected chi connectivity index (χ4v) is 8.12. The van der Waals surface area contributed by atoms with Gasteiger partial charge in [0.1, 0.15) is 0 Å². The van der Waals surface area contributed by atoms with Crippen LogP contribution >= 0.6 is 0 Å². The fourth-order valence-electron chi connectivity index (χ4n) is 8.12. The molecule has 0 fully saturated rings. The van der Waals surface area contributed by atoms with Crippen molar-refractivity contribution in [3.63, 3.8) is 0 Å². The van der Waals surface area contributed by atoms with Crippen LogP contribution in [0.1, 0.15) is 0 Å². The van der Waals surface area contributed by atoms with Gasteiger partial charge in [-0.15, -0.1) is 0 Å². The zero-order valence-corrected chi connectivity index (χ0v) is 27.5. The number of rotatable bonds is 4. The van der Waals surface area contributed by atoms with Gasteiger partial charge >= 0.3 is 0 Å². The summed E-state index contributed by atoms with van der Waals surface area (Å²) in [7, 11) is 0. The Labute approximate surface area is 293 Å². The summed E-state index contributed by atoms with van der Waals surface area (Å²) < 4.78 is 2.26. The molecule has 0 spiro atoms. The van der Waals surface area contributed by atoms with Gasteiger partial charge in [-0.1, -0.05) is 152 Å². The van der Waals surface area contributed by atoms with E-state index < -0.39 is 0 Å². The molecular weight excluding hydrogens is 621 g/mol. The average Bonchev–Trinajstić information content (AvgIpc) is 3.54. The van der Waals surface area contributed by atoms with Gasteiger partial charge in [0, 0.05) is 27.3 Å². The third-order valence-corrected chi connectivity index (χ3v) is 10.4. The number of hydrogen-bond donors (Lipinski definition) is 0. The molecule has 0 aliphatic heterocycles. The van der Waals surface area contributed by atoms with Gasteiger partial charge in [-0.2, -0.15) is 9.97 Å². The molecular formula is C47H28N4. The van der Waals surface area contributed by atoms with Crippen molar-refractivity contribution in [1.29, 1.82) is 0 Å². The number of benzene rings is 9. The lowest BCUT2D eigenvalue weighted by Gasteiger charge is -2.13. The van der Waals surface area contributed by atoms with E-state index in [4.69, 9.17) is 15.0 Å². The molecule has 0 saturated heterocycles. The van der Waals surface area contributed by atoms with Crippen LogP contribution in [0.5, 0.6) is 0 Å². The lowest BCUT2D eigenvalue weighted by molar-refractivity contribution is 0.955. The van der Waals surface area contributed by atoms with Crippen LogP contribution in [0.2, 0.25) is 0 Å². The smallest absolute Gasteiger partial charge is 0.238 e. The molecule has 0 amide bonds. The minimum absolute atomic E-state index is 0.598. The third kappa shape index (κ3) is 4.17. The summed E-state index contributed by atoms with van der Waals surface area (Å²) in [5.74, 6) is 1.89. The van der Waals surface area contributed by atoms with Crippen LogP contribution in [0.25, 0.3) is 105 Å². The molecule has 2 heterocycles. The van der Waals surface area contributed by atoms with E-state index in [2.05, 4.69) is 156 Å². The SMILES string of the molecule is c1ccc(-c2ccc3cc4c5c(c3c2)c2ccccc2c2cccc(c25)n4-c2nc(-c3ccccc3)nc(-c3cccc4ccccc34)n2)cc1. The normalized spacial score (nSPS) is 11.9. The quantitative estimate of drug-likeness (QED) is 0.178. The van der Waals surface area contributed by atoms with Gasteiger partial charge in [0.25, 0.3) is 0 Å². The zero-order chi connectivity index (χ0) is 33.5. The molecule has 0 unspecified atom stereocenters. The fraction of sp³-hybridized carbons (Fsp3) is 0. The zero-order valence-electron chi connectivity index (χ0n) is 27.5. The number of nitrogens with zero attached hydrogens (tertiary/aromatic N) is 4. The number of fused-ring (bicyclic) bond motifs is 6. The molecule has 0 N–H and O–H groups in total. The predicted molar refractivity (Wildman–Crippen MR) is 212 cm³/mol. The Morgan fingerprint density at radius 1 is 0.333 bits per heavy atom. The predicted octanol–water partition coefficient (Wildman–Crippen LogP) is 12.0. The second-order valence-electron chi connectivity index (χ2n) is 13.2. The van der Waals surface area contributed by atoms with Crippen molar-refractivity contribution in [3.05, 3.63) is 170 Å². The van der Waals surface area contributed by atoms with Gasteiger partial charge < -0.3 is 0 Å². The Balaban J connectivity index is 1.29. The van der Waals surface area contributed by atoms with Crippen LogP contribution in [0.4, 0.5) is 0 Å². The molecule has 11 aromatic rings. The Bertz CT molecular complexity index is 3120. The molecule has 4 nitrogen and oxygen atoms in total. The van der Waals surface area contributed by atoms with Gasteiger partial charge in [-0.25, -0.2) is 4.98 Å². The summed E-state index contributed by atoms with van der Waals surface area (Å²) >= 11 is 0. The van der Waals surface area contributed by atoms with Crippen molar-refractivity contribution >= 4 is 64.9 Å². The van der Waals surface area contributed by atoms with E-state index in [1.54, 1.807) is 0 Å². The molecule has 0 saturated carbocycles. The first-order valence-corrected chi connectivity index (χ1v) is 17.3. The second-order valence-corrected chi connectivity index (χ2v) is 13.2. The molecule has 0 radical (unpaired) electrons. The molecule has 236 valence electrons. The first-order chi connectivity index (χ1) is 25.3. The van der Waals surface area contributed by atoms with Crippen LogP contribution in [0, 0.1) is 0 Å². The summed E-state index contributed by atoms with van der Waals surface area (Å²) in [5, 5.41) is 12.1. The van der Waals surface area contributed by atoms with E-state index in [9.17, 15) is 0 Å². The van der Waals surface area contributed by atoms with Gasteiger partial charge in [-0.05, 0) is 67.0 Å². The van der Waals surface area contributed by atoms with E-state index in [-0.39, 0.29) is 0 Å². The molecule has 0 atom stereocenters. The van der Waals surface area contributed by atoms with Crippen LogP contribution in [0.3, 0.4) is 0 Å². The summed E-state index contributed by atoms with van der Waals surface area (Å²) in [5.41, 5.74) is 6.49. The highest BCUT2D eigenvalue weighted by Crippen LogP contribution is 2.47. The minimum Gasteiger partial charge on any atom is -0.278 e. The number of aromatic nitrogens is 4. The van der Waals surface area contributed by atoms with Crippen molar-refractivity contribution < 1.29 is 0 Å². The summed E-state index contributed by atoms with van der Waals surface area (Å²) in [6.07, 6.45) is 0. The Morgan fingerprint density at radius 2 is 0.980 bits per heavy atom. The molecule has 11 rings (SSSR count). The van der Waals surface area contributed by atoms with Crippen LogP contribution in [0.15, 0.2) is 170 Å². The minimum atomic E-state index is 0.598. The first kappa shape index (κ1) is 28.0. The van der Waals surface area contributed by atoms with Crippen LogP contribution < -0.4 is 0 Å². The molecule has 0 aliphatic rings. The maximum atomic E-state index is 5.33. The summed E-state index contributed by atoms with van der Waals surface area (Å²) in [6, 6.07) is 60.2. The van der Waals surface area contributed by atoms with Gasteiger partial charge in [0.05, 0.1) is 11.0 Å². The molecule has 9 aromatic carbocycles. The van der Waals surface area contributed by atoms with Crippen molar-refractivity contribution in [2.75, 3.05) is 0 Å². The monoisotopic (exact) mass is 648 g/mol. The van der Waals surface area contributed by atoms with Crippen molar-refractivity contribution in [3.8, 4) is 39.9 Å². The van der Waals surface area contributed by atoms with E-state index in [1.807, 2.05) is 18.2 Å². The third-order valence-electron chi connectivity index (χ3n) is 10.4. The van der Waals surface area contributed by atoms with Crippen molar-refractivity contribution in [2.24, 2.45) is 0 Å². The van der Waals surface area contributed by atoms with E-state index >= 15 is 0 Å². The standard InChI is InChI=1S/C47H28N4/c1-3-13-29(14-4-1)32-25-26-33-28-41-44-42(39(33)27-32)36-21-10-9-20-35(36)37-22-12-24-40(43(37)44)51(41)47-49-45(31-16-5-2-6-17-31)48-46(50-47)38-23-11-18-30-15-7-8-19-34(30)38/h1-28H. The first-order valence-electron chi connectivity index (χ1n) is 17.3. The number of hydrogen-bond acceptors (Lipinski definition) is 3. The second kappa shape index (κ2) is 10.8. The van der Waals surface area contributed by atoms with Gasteiger partial charge in [0.15, 0.2) is 11.6 Å². The molecule has 0 aliphatic carbocycles. The largest absolute Gasteiger partial charge is 0.278 e. The van der Waals surface area contributed by atoms with E-state index in [0.29, 0.717) is 17.6 Å². The highest BCUT2D eigenvalue weighted by Gasteiger charge is 2.24. The van der Waals surface area contributed by atoms with Gasteiger partial charge in [0.2, 0.25) is 5.95 Å². The van der Waals surface area contributed by atoms with E-state index in [1.165, 1.54) is 54.2 Å². The highest BCUT2D eigenvalue weighted by atomic mass is 15.2. The summed E-state index contributed by atoms with van der Waals surface area (Å²) in [6.45, 7) is 0. The van der Waals surface area contributed by atoms with Crippen LogP contribution in [-0.2, 0) is 0 Å². The van der Waals surface area contributed by atoms with Crippen molar-refractivity contribution in [1.82, 2.24) is 19.5 Å². The van der Waals surface area contributed by atoms with E-state index in [0.717, 1.165) is 32.9 Å². The van der Waals surface area contributed by atoms with Gasteiger partial charge in [-0.3, -0.25) is 4.57 Å². The molecule has 51 heavy (non-hydrogen) atoms.